The number of hydrogen-bond acceptors (Lipinski definition) is 4. The monoisotopic (exact) mass is 314 g/mol. The fourth-order valence-electron chi connectivity index (χ4n) is 2.92. The second kappa shape index (κ2) is 6.91. The molecule has 3 heterocycles. The van der Waals surface area contributed by atoms with Crippen molar-refractivity contribution in [2.75, 3.05) is 19.7 Å². The standard InChI is InChI=1S/C17H22N4O2/c1-13-11-20(2)17(19-13)15-12-21(8-9-23-15)16(22)6-5-14-4-3-7-18-10-14/h3-4,7,10-11,15H,5-6,8-9,12H2,1-2H3/t15-/m0/s1. The molecule has 1 atom stereocenters. The van der Waals surface area contributed by atoms with Crippen molar-refractivity contribution in [2.45, 2.75) is 25.9 Å². The smallest absolute Gasteiger partial charge is 0.223 e. The lowest BCUT2D eigenvalue weighted by Crippen LogP contribution is -2.42. The number of ether oxygens (including phenoxy) is 1. The molecule has 0 spiro atoms. The topological polar surface area (TPSA) is 60.2 Å². The van der Waals surface area contributed by atoms with Crippen molar-refractivity contribution >= 4 is 5.91 Å². The Bertz CT molecular complexity index is 668. The zero-order valence-electron chi connectivity index (χ0n) is 13.6. The van der Waals surface area contributed by atoms with Crippen LogP contribution in [-0.2, 0) is 23.0 Å². The van der Waals surface area contributed by atoms with Crippen LogP contribution >= 0.6 is 0 Å². The number of morpholine rings is 1. The van der Waals surface area contributed by atoms with E-state index < -0.39 is 0 Å². The Morgan fingerprint density at radius 2 is 2.35 bits per heavy atom. The molecule has 0 saturated carbocycles. The van der Waals surface area contributed by atoms with Crippen molar-refractivity contribution in [2.24, 2.45) is 7.05 Å². The first kappa shape index (κ1) is 15.7. The normalized spacial score (nSPS) is 18.2. The van der Waals surface area contributed by atoms with Gasteiger partial charge in [0.25, 0.3) is 0 Å². The Morgan fingerprint density at radius 1 is 1.48 bits per heavy atom. The van der Waals surface area contributed by atoms with E-state index in [2.05, 4.69) is 9.97 Å². The first-order valence-electron chi connectivity index (χ1n) is 7.91. The number of carbonyl (C=O) groups excluding carboxylic acids is 1. The van der Waals surface area contributed by atoms with Crippen LogP contribution in [0.25, 0.3) is 0 Å². The van der Waals surface area contributed by atoms with Gasteiger partial charge in [-0.1, -0.05) is 6.07 Å². The van der Waals surface area contributed by atoms with E-state index in [4.69, 9.17) is 4.74 Å². The van der Waals surface area contributed by atoms with Crippen LogP contribution in [0.5, 0.6) is 0 Å². The molecule has 23 heavy (non-hydrogen) atoms. The fraction of sp³-hybridized carbons (Fsp3) is 0.471. The maximum Gasteiger partial charge on any atom is 0.223 e. The number of pyridine rings is 1. The van der Waals surface area contributed by atoms with Gasteiger partial charge in [-0.3, -0.25) is 9.78 Å². The predicted molar refractivity (Wildman–Crippen MR) is 85.8 cm³/mol. The minimum absolute atomic E-state index is 0.148. The van der Waals surface area contributed by atoms with Crippen molar-refractivity contribution in [3.8, 4) is 0 Å². The molecule has 6 heteroatoms. The highest BCUT2D eigenvalue weighted by Gasteiger charge is 2.27. The van der Waals surface area contributed by atoms with Gasteiger partial charge in [0.05, 0.1) is 18.8 Å². The van der Waals surface area contributed by atoms with Gasteiger partial charge < -0.3 is 14.2 Å². The Balaban J connectivity index is 1.59. The number of nitrogens with zero attached hydrogens (tertiary/aromatic N) is 4. The summed E-state index contributed by atoms with van der Waals surface area (Å²) in [5.74, 6) is 1.04. The van der Waals surface area contributed by atoms with Gasteiger partial charge in [0.15, 0.2) is 0 Å². The summed E-state index contributed by atoms with van der Waals surface area (Å²) < 4.78 is 7.79. The maximum absolute atomic E-state index is 12.5. The summed E-state index contributed by atoms with van der Waals surface area (Å²) in [6, 6.07) is 3.90. The minimum atomic E-state index is -0.148. The lowest BCUT2D eigenvalue weighted by Gasteiger charge is -2.32. The third-order valence-electron chi connectivity index (χ3n) is 4.09. The van der Waals surface area contributed by atoms with Crippen LogP contribution < -0.4 is 0 Å². The number of carbonyl (C=O) groups is 1. The molecule has 1 fully saturated rings. The van der Waals surface area contributed by atoms with Gasteiger partial charge in [0, 0.05) is 38.6 Å². The molecule has 2 aromatic rings. The Labute approximate surface area is 136 Å². The zero-order chi connectivity index (χ0) is 16.2. The largest absolute Gasteiger partial charge is 0.367 e. The average molecular weight is 314 g/mol. The summed E-state index contributed by atoms with van der Waals surface area (Å²) in [5, 5.41) is 0. The Hall–Kier alpha value is -2.21. The molecule has 122 valence electrons. The number of amides is 1. The van der Waals surface area contributed by atoms with Gasteiger partial charge in [-0.2, -0.15) is 0 Å². The minimum Gasteiger partial charge on any atom is -0.367 e. The highest BCUT2D eigenvalue weighted by molar-refractivity contribution is 5.76. The van der Waals surface area contributed by atoms with Crippen LogP contribution in [0.4, 0.5) is 0 Å². The van der Waals surface area contributed by atoms with Gasteiger partial charge in [0.1, 0.15) is 11.9 Å². The molecule has 1 aliphatic rings. The molecule has 0 aliphatic carbocycles. The van der Waals surface area contributed by atoms with Crippen LogP contribution in [-0.4, -0.2) is 45.0 Å². The third kappa shape index (κ3) is 3.76. The average Bonchev–Trinajstić information content (AvgIpc) is 2.92. The number of imidazole rings is 1. The van der Waals surface area contributed by atoms with E-state index in [-0.39, 0.29) is 12.0 Å². The third-order valence-corrected chi connectivity index (χ3v) is 4.09. The number of aryl methyl sites for hydroxylation is 3. The molecule has 2 aromatic heterocycles. The van der Waals surface area contributed by atoms with E-state index in [1.807, 2.05) is 48.0 Å². The van der Waals surface area contributed by atoms with Crippen LogP contribution in [0.1, 0.15) is 29.6 Å². The molecule has 1 aliphatic heterocycles. The summed E-state index contributed by atoms with van der Waals surface area (Å²) in [6.07, 6.45) is 6.60. The molecule has 1 saturated heterocycles. The fourth-order valence-corrected chi connectivity index (χ4v) is 2.92. The van der Waals surface area contributed by atoms with Crippen LogP contribution in [0.15, 0.2) is 30.7 Å². The Morgan fingerprint density at radius 3 is 3.04 bits per heavy atom. The van der Waals surface area contributed by atoms with Crippen molar-refractivity contribution < 1.29 is 9.53 Å². The molecule has 0 radical (unpaired) electrons. The quantitative estimate of drug-likeness (QED) is 0.861. The van der Waals surface area contributed by atoms with E-state index in [9.17, 15) is 4.79 Å². The van der Waals surface area contributed by atoms with Crippen molar-refractivity contribution in [1.82, 2.24) is 19.4 Å². The molecule has 3 rings (SSSR count). The second-order valence-corrected chi connectivity index (χ2v) is 5.91. The van der Waals surface area contributed by atoms with Crippen molar-refractivity contribution in [3.05, 3.63) is 47.8 Å². The molecule has 0 unspecified atom stereocenters. The second-order valence-electron chi connectivity index (χ2n) is 5.91. The van der Waals surface area contributed by atoms with Gasteiger partial charge in [-0.05, 0) is 25.0 Å². The Kier molecular flexibility index (Phi) is 4.71. The van der Waals surface area contributed by atoms with E-state index >= 15 is 0 Å². The molecular formula is C17H22N4O2. The summed E-state index contributed by atoms with van der Waals surface area (Å²) in [6.45, 7) is 3.72. The maximum atomic E-state index is 12.5. The van der Waals surface area contributed by atoms with E-state index in [0.717, 1.165) is 23.5 Å². The molecule has 0 N–H and O–H groups in total. The number of rotatable bonds is 4. The van der Waals surface area contributed by atoms with E-state index in [1.54, 1.807) is 6.20 Å². The summed E-state index contributed by atoms with van der Waals surface area (Å²) in [5.41, 5.74) is 2.05. The zero-order valence-corrected chi connectivity index (χ0v) is 13.6. The van der Waals surface area contributed by atoms with Crippen molar-refractivity contribution in [3.63, 3.8) is 0 Å². The predicted octanol–water partition coefficient (Wildman–Crippen LogP) is 1.66. The van der Waals surface area contributed by atoms with Gasteiger partial charge >= 0.3 is 0 Å². The van der Waals surface area contributed by atoms with Crippen LogP contribution in [0.2, 0.25) is 0 Å². The highest BCUT2D eigenvalue weighted by atomic mass is 16.5. The first-order chi connectivity index (χ1) is 11.1. The van der Waals surface area contributed by atoms with Gasteiger partial charge in [-0.25, -0.2) is 4.98 Å². The van der Waals surface area contributed by atoms with Crippen LogP contribution in [0.3, 0.4) is 0 Å². The number of hydrogen-bond donors (Lipinski definition) is 0. The lowest BCUT2D eigenvalue weighted by atomic mass is 10.1. The van der Waals surface area contributed by atoms with Gasteiger partial charge in [0.2, 0.25) is 5.91 Å². The molecule has 0 aromatic carbocycles. The highest BCUT2D eigenvalue weighted by Crippen LogP contribution is 2.22. The van der Waals surface area contributed by atoms with Gasteiger partial charge in [-0.15, -0.1) is 0 Å². The summed E-state index contributed by atoms with van der Waals surface area (Å²) in [4.78, 5) is 22.9. The summed E-state index contributed by atoms with van der Waals surface area (Å²) in [7, 11) is 1.96. The molecule has 0 bridgehead atoms. The first-order valence-corrected chi connectivity index (χ1v) is 7.91. The van der Waals surface area contributed by atoms with E-state index in [1.165, 1.54) is 0 Å². The lowest BCUT2D eigenvalue weighted by molar-refractivity contribution is -0.139. The van der Waals surface area contributed by atoms with Crippen LogP contribution in [0, 0.1) is 6.92 Å². The molecule has 1 amide bonds. The summed E-state index contributed by atoms with van der Waals surface area (Å²) >= 11 is 0. The SMILES string of the molecule is Cc1cn(C)c([C@@H]2CN(C(=O)CCc3cccnc3)CCO2)n1. The van der Waals surface area contributed by atoms with E-state index in [0.29, 0.717) is 26.1 Å². The number of aromatic nitrogens is 3. The molecular weight excluding hydrogens is 292 g/mol. The molecule has 6 nitrogen and oxygen atoms in total. The van der Waals surface area contributed by atoms with Crippen molar-refractivity contribution in [1.29, 1.82) is 0 Å².